The molecule has 0 rings (SSSR count). The van der Waals surface area contributed by atoms with Crippen LogP contribution in [-0.4, -0.2) is 29.6 Å². The zero-order valence-corrected chi connectivity index (χ0v) is 6.33. The Labute approximate surface area is 64.6 Å². The fourth-order valence-corrected chi connectivity index (χ4v) is 0.669. The van der Waals surface area contributed by atoms with Crippen molar-refractivity contribution < 1.29 is 14.7 Å². The van der Waals surface area contributed by atoms with Crippen molar-refractivity contribution >= 4 is 11.9 Å². The highest BCUT2D eigenvalue weighted by Crippen LogP contribution is 1.89. The van der Waals surface area contributed by atoms with E-state index in [1.807, 2.05) is 0 Å². The average molecular weight is 160 g/mol. The van der Waals surface area contributed by atoms with E-state index in [0.29, 0.717) is 0 Å². The Morgan fingerprint density at radius 3 is 2.45 bits per heavy atom. The van der Waals surface area contributed by atoms with Gasteiger partial charge in [-0.2, -0.15) is 0 Å². The lowest BCUT2D eigenvalue weighted by Gasteiger charge is -2.10. The third kappa shape index (κ3) is 4.32. The molecule has 0 spiro atoms. The molecule has 64 valence electrons. The first-order valence-electron chi connectivity index (χ1n) is 3.28. The van der Waals surface area contributed by atoms with E-state index in [1.54, 1.807) is 0 Å². The number of aliphatic carboxylic acids is 1. The molecule has 0 aromatic heterocycles. The molecule has 0 saturated carbocycles. The van der Waals surface area contributed by atoms with Crippen LogP contribution in [0.2, 0.25) is 0 Å². The van der Waals surface area contributed by atoms with Crippen molar-refractivity contribution in [2.24, 2.45) is 5.73 Å². The van der Waals surface area contributed by atoms with Gasteiger partial charge in [0.25, 0.3) is 0 Å². The summed E-state index contributed by atoms with van der Waals surface area (Å²) in [7, 11) is 0. The van der Waals surface area contributed by atoms with Gasteiger partial charge in [0.15, 0.2) is 0 Å². The van der Waals surface area contributed by atoms with Crippen LogP contribution in [0.1, 0.15) is 13.3 Å². The maximum absolute atomic E-state index is 10.4. The number of rotatable bonds is 4. The second kappa shape index (κ2) is 4.68. The van der Waals surface area contributed by atoms with E-state index >= 15 is 0 Å². The van der Waals surface area contributed by atoms with Gasteiger partial charge in [-0.05, 0) is 13.0 Å². The fraction of sp³-hybridized carbons (Fsp3) is 0.667. The van der Waals surface area contributed by atoms with E-state index in [4.69, 9.17) is 10.8 Å². The van der Waals surface area contributed by atoms with Crippen LogP contribution in [0.15, 0.2) is 0 Å². The number of hydrogen-bond acceptors (Lipinski definition) is 3. The van der Waals surface area contributed by atoms with E-state index in [-0.39, 0.29) is 18.9 Å². The quantitative estimate of drug-likeness (QED) is 0.488. The summed E-state index contributed by atoms with van der Waals surface area (Å²) in [6.07, 6.45) is 0.259. The Morgan fingerprint density at radius 1 is 1.64 bits per heavy atom. The van der Waals surface area contributed by atoms with Crippen molar-refractivity contribution in [1.29, 1.82) is 0 Å². The molecule has 0 aromatic rings. The molecule has 0 aromatic carbocycles. The summed E-state index contributed by atoms with van der Waals surface area (Å²) in [6.45, 7) is 1.52. The largest absolute Gasteiger partial charge is 0.480 e. The summed E-state index contributed by atoms with van der Waals surface area (Å²) in [6, 6.07) is -0.850. The highest BCUT2D eigenvalue weighted by molar-refractivity contribution is 5.81. The normalized spacial score (nSPS) is 12.2. The molecule has 1 atom stereocenters. The molecule has 5 heteroatoms. The average Bonchev–Trinajstić information content (AvgIpc) is 1.86. The van der Waals surface area contributed by atoms with Gasteiger partial charge in [0, 0.05) is 6.92 Å². The first-order chi connectivity index (χ1) is 5.07. The minimum Gasteiger partial charge on any atom is -0.480 e. The smallest absolute Gasteiger partial charge is 0.326 e. The number of carboxylic acid groups (broad SMARTS) is 1. The number of carboxylic acids is 1. The molecule has 0 bridgehead atoms. The first kappa shape index (κ1) is 9.90. The van der Waals surface area contributed by atoms with E-state index < -0.39 is 12.0 Å². The van der Waals surface area contributed by atoms with Gasteiger partial charge >= 0.3 is 5.97 Å². The van der Waals surface area contributed by atoms with Crippen molar-refractivity contribution in [3.63, 3.8) is 0 Å². The van der Waals surface area contributed by atoms with Gasteiger partial charge in [0.1, 0.15) is 6.04 Å². The van der Waals surface area contributed by atoms with E-state index in [0.717, 1.165) is 0 Å². The third-order valence-electron chi connectivity index (χ3n) is 1.13. The van der Waals surface area contributed by atoms with Crippen LogP contribution in [0.3, 0.4) is 0 Å². The van der Waals surface area contributed by atoms with Crippen molar-refractivity contribution in [2.75, 3.05) is 6.54 Å². The highest BCUT2D eigenvalue weighted by atomic mass is 16.4. The minimum atomic E-state index is -1.05. The number of hydrogen-bond donors (Lipinski definition) is 3. The summed E-state index contributed by atoms with van der Waals surface area (Å²) in [5.74, 6) is -1.41. The van der Waals surface area contributed by atoms with Crippen LogP contribution >= 0.6 is 0 Å². The standard InChI is InChI=1S/C6H12N2O3/c1-4(9)8-5(2-3-7)6(10)11/h5H,2-3,7H2,1H3,(H,8,9)(H,10,11)/t5-/m1/s1. The Hall–Kier alpha value is -1.10. The Kier molecular flexibility index (Phi) is 4.21. The molecular weight excluding hydrogens is 148 g/mol. The van der Waals surface area contributed by atoms with Crippen LogP contribution in [0.25, 0.3) is 0 Å². The second-order valence-corrected chi connectivity index (χ2v) is 2.17. The molecule has 0 aliphatic rings. The van der Waals surface area contributed by atoms with Gasteiger partial charge < -0.3 is 16.2 Å². The molecule has 4 N–H and O–H groups in total. The molecule has 0 saturated heterocycles. The zero-order valence-electron chi connectivity index (χ0n) is 6.33. The van der Waals surface area contributed by atoms with Gasteiger partial charge in [-0.25, -0.2) is 4.79 Å². The molecule has 0 fully saturated rings. The number of carbonyl (C=O) groups is 2. The number of carbonyl (C=O) groups excluding carboxylic acids is 1. The summed E-state index contributed by atoms with van der Waals surface area (Å²) >= 11 is 0. The highest BCUT2D eigenvalue weighted by Gasteiger charge is 2.16. The summed E-state index contributed by atoms with van der Waals surface area (Å²) in [4.78, 5) is 20.8. The van der Waals surface area contributed by atoms with Gasteiger partial charge in [0.05, 0.1) is 0 Å². The van der Waals surface area contributed by atoms with Crippen LogP contribution in [-0.2, 0) is 9.59 Å². The molecular formula is C6H12N2O3. The molecule has 0 aliphatic heterocycles. The lowest BCUT2D eigenvalue weighted by atomic mass is 10.2. The molecule has 5 nitrogen and oxygen atoms in total. The second-order valence-electron chi connectivity index (χ2n) is 2.17. The molecule has 0 unspecified atom stereocenters. The lowest BCUT2D eigenvalue weighted by molar-refractivity contribution is -0.141. The predicted molar refractivity (Wildman–Crippen MR) is 38.9 cm³/mol. The maximum Gasteiger partial charge on any atom is 0.326 e. The monoisotopic (exact) mass is 160 g/mol. The van der Waals surface area contributed by atoms with Crippen LogP contribution in [0.5, 0.6) is 0 Å². The van der Waals surface area contributed by atoms with E-state index in [9.17, 15) is 9.59 Å². The van der Waals surface area contributed by atoms with Gasteiger partial charge in [-0.1, -0.05) is 0 Å². The molecule has 11 heavy (non-hydrogen) atoms. The minimum absolute atomic E-state index is 0.247. The van der Waals surface area contributed by atoms with Crippen molar-refractivity contribution in [1.82, 2.24) is 5.32 Å². The molecule has 0 radical (unpaired) electrons. The van der Waals surface area contributed by atoms with E-state index in [2.05, 4.69) is 5.32 Å². The topological polar surface area (TPSA) is 92.4 Å². The van der Waals surface area contributed by atoms with Crippen LogP contribution in [0.4, 0.5) is 0 Å². The summed E-state index contributed by atoms with van der Waals surface area (Å²) in [5.41, 5.74) is 5.13. The van der Waals surface area contributed by atoms with Crippen molar-refractivity contribution in [2.45, 2.75) is 19.4 Å². The predicted octanol–water partition coefficient (Wildman–Crippen LogP) is -1.08. The third-order valence-corrected chi connectivity index (χ3v) is 1.13. The molecule has 0 heterocycles. The van der Waals surface area contributed by atoms with Crippen molar-refractivity contribution in [3.8, 4) is 0 Å². The maximum atomic E-state index is 10.4. The Bertz CT molecular complexity index is 158. The lowest BCUT2D eigenvalue weighted by Crippen LogP contribution is -2.40. The van der Waals surface area contributed by atoms with Gasteiger partial charge in [-0.3, -0.25) is 4.79 Å². The SMILES string of the molecule is CC(=O)N[C@H](CCN)C(=O)O. The molecule has 0 aliphatic carbocycles. The van der Waals surface area contributed by atoms with E-state index in [1.165, 1.54) is 6.92 Å². The Morgan fingerprint density at radius 2 is 2.18 bits per heavy atom. The fourth-order valence-electron chi connectivity index (χ4n) is 0.669. The number of amides is 1. The summed E-state index contributed by atoms with van der Waals surface area (Å²) in [5, 5.41) is 10.7. The van der Waals surface area contributed by atoms with Crippen molar-refractivity contribution in [3.05, 3.63) is 0 Å². The Balaban J connectivity index is 3.89. The zero-order chi connectivity index (χ0) is 8.85. The first-order valence-corrected chi connectivity index (χ1v) is 3.28. The number of nitrogens with two attached hydrogens (primary N) is 1. The summed E-state index contributed by atoms with van der Waals surface area (Å²) < 4.78 is 0. The van der Waals surface area contributed by atoms with Crippen LogP contribution < -0.4 is 11.1 Å². The van der Waals surface area contributed by atoms with Gasteiger partial charge in [-0.15, -0.1) is 0 Å². The van der Waals surface area contributed by atoms with Gasteiger partial charge in [0.2, 0.25) is 5.91 Å². The number of nitrogens with one attached hydrogen (secondary N) is 1. The van der Waals surface area contributed by atoms with Crippen LogP contribution in [0, 0.1) is 0 Å². The molecule has 1 amide bonds.